The third-order valence-electron chi connectivity index (χ3n) is 10.7. The highest BCUT2D eigenvalue weighted by atomic mass is 16.5. The second-order valence-electron chi connectivity index (χ2n) is 14.9. The van der Waals surface area contributed by atoms with E-state index in [1.54, 1.807) is 40.1 Å². The molecule has 1 unspecified atom stereocenters. The molecule has 1 aromatic rings. The van der Waals surface area contributed by atoms with Crippen LogP contribution in [0.4, 0.5) is 0 Å². The van der Waals surface area contributed by atoms with Crippen LogP contribution >= 0.6 is 0 Å². The summed E-state index contributed by atoms with van der Waals surface area (Å²) in [5, 5.41) is 19.5. The number of nitrogens with one attached hydrogen (secondary N) is 3. The zero-order chi connectivity index (χ0) is 38.4. The molecular formula is C39H67N5O7. The topological polar surface area (TPSA) is 150 Å². The van der Waals surface area contributed by atoms with E-state index >= 15 is 0 Å². The Balaban J connectivity index is 2.25. The van der Waals surface area contributed by atoms with Crippen LogP contribution in [0.3, 0.4) is 0 Å². The van der Waals surface area contributed by atoms with Crippen LogP contribution in [0.2, 0.25) is 0 Å². The third kappa shape index (κ3) is 12.0. The van der Waals surface area contributed by atoms with Crippen molar-refractivity contribution in [3.8, 4) is 0 Å². The van der Waals surface area contributed by atoms with Crippen molar-refractivity contribution in [2.75, 3.05) is 41.4 Å². The first kappa shape index (κ1) is 44.1. The number of carbonyl (C=O) groups is 4. The molecule has 12 nitrogen and oxygen atoms in total. The predicted molar refractivity (Wildman–Crippen MR) is 200 cm³/mol. The smallest absolute Gasteiger partial charge is 0.245 e. The monoisotopic (exact) mass is 718 g/mol. The Morgan fingerprint density at radius 1 is 0.941 bits per heavy atom. The third-order valence-corrected chi connectivity index (χ3v) is 10.7. The van der Waals surface area contributed by atoms with Crippen molar-refractivity contribution in [1.29, 1.82) is 0 Å². The Hall–Kier alpha value is -3.06. The maximum absolute atomic E-state index is 14.2. The average molecular weight is 718 g/mol. The fourth-order valence-corrected chi connectivity index (χ4v) is 7.37. The number of nitrogens with zero attached hydrogens (tertiary/aromatic N) is 2. The maximum atomic E-state index is 14.2. The van der Waals surface area contributed by atoms with Crippen LogP contribution in [0.25, 0.3) is 0 Å². The van der Waals surface area contributed by atoms with Crippen LogP contribution in [0.15, 0.2) is 30.3 Å². The van der Waals surface area contributed by atoms with Gasteiger partial charge in [0, 0.05) is 34.4 Å². The number of piperidine rings is 1. The minimum absolute atomic E-state index is 0.0141. The lowest BCUT2D eigenvalue weighted by atomic mass is 9.87. The van der Waals surface area contributed by atoms with Crippen LogP contribution in [-0.2, 0) is 28.7 Å². The van der Waals surface area contributed by atoms with Gasteiger partial charge in [0.1, 0.15) is 6.04 Å². The molecule has 1 saturated heterocycles. The van der Waals surface area contributed by atoms with Gasteiger partial charge < -0.3 is 40.3 Å². The maximum Gasteiger partial charge on any atom is 0.245 e. The summed E-state index contributed by atoms with van der Waals surface area (Å²) in [6.45, 7) is 14.2. The van der Waals surface area contributed by atoms with Crippen LogP contribution < -0.4 is 16.0 Å². The molecular weight excluding hydrogens is 650 g/mol. The number of benzene rings is 1. The molecule has 12 heteroatoms. The van der Waals surface area contributed by atoms with Crippen LogP contribution in [0, 0.1) is 23.7 Å². The Labute approximate surface area is 306 Å². The molecule has 0 bridgehead atoms. The van der Waals surface area contributed by atoms with Crippen molar-refractivity contribution in [2.24, 2.45) is 23.7 Å². The number of rotatable bonds is 20. The van der Waals surface area contributed by atoms with E-state index in [9.17, 15) is 24.3 Å². The van der Waals surface area contributed by atoms with Crippen molar-refractivity contribution in [2.45, 2.75) is 123 Å². The molecule has 0 aliphatic carbocycles. The van der Waals surface area contributed by atoms with Crippen molar-refractivity contribution in [1.82, 2.24) is 25.8 Å². The fraction of sp³-hybridized carbons (Fsp3) is 0.744. The number of hydrogen-bond acceptors (Lipinski definition) is 8. The van der Waals surface area contributed by atoms with E-state index in [0.29, 0.717) is 18.5 Å². The number of likely N-dealkylation sites (tertiary alicyclic amines) is 1. The number of hydrogen-bond donors (Lipinski definition) is 4. The minimum atomic E-state index is -0.844. The summed E-state index contributed by atoms with van der Waals surface area (Å²) in [5.41, 5.74) is 0.714. The molecule has 1 aliphatic rings. The van der Waals surface area contributed by atoms with Gasteiger partial charge in [-0.3, -0.25) is 19.2 Å². The second-order valence-corrected chi connectivity index (χ2v) is 14.9. The lowest BCUT2D eigenvalue weighted by molar-refractivity contribution is -0.150. The van der Waals surface area contributed by atoms with E-state index < -0.39 is 42.4 Å². The normalized spacial score (nSPS) is 19.7. The van der Waals surface area contributed by atoms with Gasteiger partial charge in [-0.05, 0) is 49.6 Å². The molecule has 0 aromatic heterocycles. The molecule has 0 spiro atoms. The van der Waals surface area contributed by atoms with Gasteiger partial charge in [0.15, 0.2) is 0 Å². The van der Waals surface area contributed by atoms with E-state index in [0.717, 1.165) is 19.3 Å². The lowest BCUT2D eigenvalue weighted by Crippen LogP contribution is -2.60. The van der Waals surface area contributed by atoms with Gasteiger partial charge >= 0.3 is 0 Å². The largest absolute Gasteiger partial charge is 0.387 e. The first-order valence-electron chi connectivity index (χ1n) is 18.7. The van der Waals surface area contributed by atoms with E-state index in [4.69, 9.17) is 9.47 Å². The highest BCUT2D eigenvalue weighted by Crippen LogP contribution is 2.29. The SMILES string of the molecule is CCC(C)[C@@H]([C@@H](CC(=O)N1CCCC[C@H]1[C@H](OC)[C@@H](C)C(=O)NC[C@@H](O)c1ccccc1)OC)N(C)C(=O)[C@@H](NC(=O)[C@@H](NC)C(C)C)C(C)C. The van der Waals surface area contributed by atoms with Crippen molar-refractivity contribution >= 4 is 23.6 Å². The van der Waals surface area contributed by atoms with Gasteiger partial charge in [-0.2, -0.15) is 0 Å². The van der Waals surface area contributed by atoms with Gasteiger partial charge in [0.25, 0.3) is 0 Å². The second kappa shape index (κ2) is 21.5. The lowest BCUT2D eigenvalue weighted by Gasteiger charge is -2.43. The van der Waals surface area contributed by atoms with E-state index in [2.05, 4.69) is 16.0 Å². The highest BCUT2D eigenvalue weighted by molar-refractivity contribution is 5.90. The van der Waals surface area contributed by atoms with Crippen molar-refractivity contribution < 1.29 is 33.8 Å². The number of methoxy groups -OCH3 is 2. The molecule has 2 rings (SSSR count). The molecule has 4 amide bonds. The van der Waals surface area contributed by atoms with Gasteiger partial charge in [0.2, 0.25) is 23.6 Å². The molecule has 0 radical (unpaired) electrons. The zero-order valence-electron chi connectivity index (χ0n) is 33.0. The average Bonchev–Trinajstić information content (AvgIpc) is 3.12. The highest BCUT2D eigenvalue weighted by Gasteiger charge is 2.42. The number of aliphatic hydroxyl groups is 1. The Kier molecular flexibility index (Phi) is 18.6. The molecule has 1 heterocycles. The summed E-state index contributed by atoms with van der Waals surface area (Å²) < 4.78 is 11.9. The van der Waals surface area contributed by atoms with Gasteiger partial charge in [0.05, 0.1) is 48.8 Å². The van der Waals surface area contributed by atoms with E-state index in [1.807, 2.05) is 76.8 Å². The van der Waals surface area contributed by atoms with Crippen molar-refractivity contribution in [3.63, 3.8) is 0 Å². The van der Waals surface area contributed by atoms with Gasteiger partial charge in [-0.1, -0.05) is 85.2 Å². The molecule has 1 aromatic carbocycles. The van der Waals surface area contributed by atoms with Gasteiger partial charge in [-0.25, -0.2) is 0 Å². The van der Waals surface area contributed by atoms with Crippen LogP contribution in [-0.4, -0.2) is 116 Å². The molecule has 0 saturated carbocycles. The molecule has 1 aliphatic heterocycles. The van der Waals surface area contributed by atoms with Gasteiger partial charge in [-0.15, -0.1) is 0 Å². The molecule has 290 valence electrons. The number of amides is 4. The summed E-state index contributed by atoms with van der Waals surface area (Å²) in [6, 6.07) is 7.18. The number of aliphatic hydroxyl groups excluding tert-OH is 1. The Morgan fingerprint density at radius 2 is 1.57 bits per heavy atom. The summed E-state index contributed by atoms with van der Waals surface area (Å²) in [4.78, 5) is 58.3. The van der Waals surface area contributed by atoms with E-state index in [1.165, 1.54) is 0 Å². The quantitative estimate of drug-likeness (QED) is 0.160. The Bertz CT molecular complexity index is 1230. The van der Waals surface area contributed by atoms with E-state index in [-0.39, 0.29) is 60.4 Å². The summed E-state index contributed by atoms with van der Waals surface area (Å²) in [5.74, 6) is -1.59. The van der Waals surface area contributed by atoms with Crippen LogP contribution in [0.1, 0.15) is 92.2 Å². The summed E-state index contributed by atoms with van der Waals surface area (Å²) in [6.07, 6.45) is 1.15. The fourth-order valence-electron chi connectivity index (χ4n) is 7.37. The Morgan fingerprint density at radius 3 is 2.10 bits per heavy atom. The zero-order valence-corrected chi connectivity index (χ0v) is 33.0. The van der Waals surface area contributed by atoms with Crippen molar-refractivity contribution in [3.05, 3.63) is 35.9 Å². The number of carbonyl (C=O) groups excluding carboxylic acids is 4. The first-order valence-corrected chi connectivity index (χ1v) is 18.7. The summed E-state index contributed by atoms with van der Waals surface area (Å²) >= 11 is 0. The molecule has 4 N–H and O–H groups in total. The minimum Gasteiger partial charge on any atom is -0.387 e. The summed E-state index contributed by atoms with van der Waals surface area (Å²) in [7, 11) is 6.59. The number of ether oxygens (including phenoxy) is 2. The predicted octanol–water partition coefficient (Wildman–Crippen LogP) is 3.53. The van der Waals surface area contributed by atoms with Crippen LogP contribution in [0.5, 0.6) is 0 Å². The standard InChI is InChI=1S/C39H67N5O7/c1-12-26(6)35(43(9)39(49)34(25(4)5)42-38(48)33(40-8)24(2)3)31(50-10)22-32(46)44-21-17-16-20-29(44)36(51-11)27(7)37(47)41-23-30(45)28-18-14-13-15-19-28/h13-15,18-19,24-27,29-31,33-36,40,45H,12,16-17,20-23H2,1-11H3,(H,41,47)(H,42,48)/t26?,27-,29+,30-,31-,33+,34+,35+,36-/m1/s1. The molecule has 51 heavy (non-hydrogen) atoms. The molecule has 1 fully saturated rings. The molecule has 9 atom stereocenters. The number of likely N-dealkylation sites (N-methyl/N-ethyl adjacent to an activating group) is 2. The first-order chi connectivity index (χ1) is 24.1.